The Hall–Kier alpha value is -2.87. The molecule has 1 amide bonds. The van der Waals surface area contributed by atoms with Gasteiger partial charge in [0.15, 0.2) is 16.4 Å². The molecule has 0 aliphatic carbocycles. The van der Waals surface area contributed by atoms with Gasteiger partial charge in [0, 0.05) is 12.8 Å². The summed E-state index contributed by atoms with van der Waals surface area (Å²) in [7, 11) is -1.88. The minimum Gasteiger partial charge on any atom is -0.497 e. The van der Waals surface area contributed by atoms with Crippen molar-refractivity contribution >= 4 is 21.7 Å². The van der Waals surface area contributed by atoms with E-state index in [9.17, 15) is 18.0 Å². The van der Waals surface area contributed by atoms with Crippen LogP contribution in [0.1, 0.15) is 15.9 Å². The van der Waals surface area contributed by atoms with Crippen molar-refractivity contribution in [2.24, 2.45) is 0 Å². The lowest BCUT2D eigenvalue weighted by molar-refractivity contribution is -0.124. The first-order valence-electron chi connectivity index (χ1n) is 7.66. The zero-order valence-corrected chi connectivity index (χ0v) is 15.2. The summed E-state index contributed by atoms with van der Waals surface area (Å²) in [5, 5.41) is 2.63. The maximum atomic E-state index is 12.0. The fraction of sp³-hybridized carbons (Fsp3) is 0.222. The van der Waals surface area contributed by atoms with Crippen LogP contribution in [-0.4, -0.2) is 40.3 Å². The Morgan fingerprint density at radius 3 is 2.50 bits per heavy atom. The maximum Gasteiger partial charge on any atom is 0.338 e. The number of rotatable bonds is 7. The van der Waals surface area contributed by atoms with Gasteiger partial charge in [-0.05, 0) is 35.9 Å². The van der Waals surface area contributed by atoms with E-state index < -0.39 is 28.3 Å². The summed E-state index contributed by atoms with van der Waals surface area (Å²) in [5.74, 6) is -0.568. The quantitative estimate of drug-likeness (QED) is 0.736. The molecule has 1 N–H and O–H groups in total. The van der Waals surface area contributed by atoms with E-state index in [0.717, 1.165) is 11.8 Å². The number of hydrogen-bond acceptors (Lipinski definition) is 6. The van der Waals surface area contributed by atoms with Gasteiger partial charge in [-0.3, -0.25) is 4.79 Å². The summed E-state index contributed by atoms with van der Waals surface area (Å²) >= 11 is 0. The second-order valence-electron chi connectivity index (χ2n) is 5.50. The fourth-order valence-corrected chi connectivity index (χ4v) is 2.77. The molecule has 0 saturated heterocycles. The number of carbonyl (C=O) groups is 2. The van der Waals surface area contributed by atoms with Crippen LogP contribution in [0.15, 0.2) is 53.4 Å². The molecule has 7 nitrogen and oxygen atoms in total. The maximum absolute atomic E-state index is 12.0. The number of amides is 1. The van der Waals surface area contributed by atoms with E-state index in [4.69, 9.17) is 9.47 Å². The van der Waals surface area contributed by atoms with E-state index >= 15 is 0 Å². The van der Waals surface area contributed by atoms with Crippen LogP contribution in [0, 0.1) is 0 Å². The van der Waals surface area contributed by atoms with Crippen LogP contribution in [0.3, 0.4) is 0 Å². The molecule has 8 heteroatoms. The average Bonchev–Trinajstić information content (AvgIpc) is 2.64. The van der Waals surface area contributed by atoms with E-state index in [1.165, 1.54) is 24.3 Å². The van der Waals surface area contributed by atoms with Gasteiger partial charge in [-0.2, -0.15) is 0 Å². The van der Waals surface area contributed by atoms with Crippen LogP contribution in [0.25, 0.3) is 0 Å². The van der Waals surface area contributed by atoms with E-state index in [1.807, 2.05) is 6.07 Å². The number of sulfone groups is 1. The molecule has 0 saturated carbocycles. The number of hydrogen-bond donors (Lipinski definition) is 1. The van der Waals surface area contributed by atoms with Crippen molar-refractivity contribution in [3.05, 3.63) is 59.7 Å². The van der Waals surface area contributed by atoms with Crippen molar-refractivity contribution in [2.45, 2.75) is 11.4 Å². The Morgan fingerprint density at radius 1 is 1.08 bits per heavy atom. The summed E-state index contributed by atoms with van der Waals surface area (Å²) in [4.78, 5) is 23.8. The lowest BCUT2D eigenvalue weighted by Crippen LogP contribution is -2.28. The first kappa shape index (κ1) is 19.5. The van der Waals surface area contributed by atoms with Crippen molar-refractivity contribution in [1.82, 2.24) is 5.32 Å². The number of nitrogens with one attached hydrogen (secondary N) is 1. The van der Waals surface area contributed by atoms with E-state index in [0.29, 0.717) is 5.75 Å². The Morgan fingerprint density at radius 2 is 1.81 bits per heavy atom. The Balaban J connectivity index is 1.88. The smallest absolute Gasteiger partial charge is 0.338 e. The van der Waals surface area contributed by atoms with Crippen molar-refractivity contribution in [3.63, 3.8) is 0 Å². The van der Waals surface area contributed by atoms with Crippen LogP contribution < -0.4 is 10.1 Å². The Bertz CT molecular complexity index is 907. The number of carbonyl (C=O) groups excluding carboxylic acids is 2. The highest BCUT2D eigenvalue weighted by Crippen LogP contribution is 2.13. The van der Waals surface area contributed by atoms with E-state index in [-0.39, 0.29) is 17.0 Å². The lowest BCUT2D eigenvalue weighted by atomic mass is 10.2. The van der Waals surface area contributed by atoms with Gasteiger partial charge < -0.3 is 14.8 Å². The minimum atomic E-state index is -3.43. The third kappa shape index (κ3) is 5.59. The molecule has 0 heterocycles. The van der Waals surface area contributed by atoms with Crippen molar-refractivity contribution in [2.75, 3.05) is 20.0 Å². The molecule has 2 aromatic rings. The first-order chi connectivity index (χ1) is 12.3. The zero-order valence-electron chi connectivity index (χ0n) is 14.4. The van der Waals surface area contributed by atoms with E-state index in [2.05, 4.69) is 5.32 Å². The Labute approximate surface area is 151 Å². The molecule has 0 bridgehead atoms. The van der Waals surface area contributed by atoms with Crippen LogP contribution in [0.4, 0.5) is 0 Å². The molecule has 2 aromatic carbocycles. The average molecular weight is 377 g/mol. The molecule has 0 aliphatic rings. The Kier molecular flexibility index (Phi) is 6.35. The van der Waals surface area contributed by atoms with Gasteiger partial charge in [0.2, 0.25) is 0 Å². The van der Waals surface area contributed by atoms with Gasteiger partial charge in [-0.1, -0.05) is 18.2 Å². The third-order valence-electron chi connectivity index (χ3n) is 3.46. The lowest BCUT2D eigenvalue weighted by Gasteiger charge is -2.08. The summed E-state index contributed by atoms with van der Waals surface area (Å²) in [6.45, 7) is -0.205. The topological polar surface area (TPSA) is 98.8 Å². The van der Waals surface area contributed by atoms with Crippen LogP contribution in [-0.2, 0) is 25.9 Å². The second kappa shape index (κ2) is 8.48. The SMILES string of the molecule is COc1cccc(CNC(=O)COC(=O)c2cccc(S(C)(=O)=O)c2)c1. The number of esters is 1. The van der Waals surface area contributed by atoms with Crippen LogP contribution in [0.5, 0.6) is 5.75 Å². The van der Waals surface area contributed by atoms with Crippen molar-refractivity contribution < 1.29 is 27.5 Å². The summed E-state index contributed by atoms with van der Waals surface area (Å²) in [6, 6.07) is 12.7. The zero-order chi connectivity index (χ0) is 19.2. The third-order valence-corrected chi connectivity index (χ3v) is 4.57. The van der Waals surface area contributed by atoms with Crippen LogP contribution in [0.2, 0.25) is 0 Å². The summed E-state index contributed by atoms with van der Waals surface area (Å²) in [5.41, 5.74) is 0.901. The van der Waals surface area contributed by atoms with Crippen molar-refractivity contribution in [1.29, 1.82) is 0 Å². The molecule has 138 valence electrons. The van der Waals surface area contributed by atoms with Gasteiger partial charge in [-0.25, -0.2) is 13.2 Å². The molecule has 2 rings (SSSR count). The molecule has 0 radical (unpaired) electrons. The minimum absolute atomic E-state index is 0.00873. The van der Waals surface area contributed by atoms with E-state index in [1.54, 1.807) is 25.3 Å². The predicted molar refractivity (Wildman–Crippen MR) is 94.7 cm³/mol. The molecule has 26 heavy (non-hydrogen) atoms. The van der Waals surface area contributed by atoms with Gasteiger partial charge in [-0.15, -0.1) is 0 Å². The summed E-state index contributed by atoms with van der Waals surface area (Å²) < 4.78 is 33.0. The summed E-state index contributed by atoms with van der Waals surface area (Å²) in [6.07, 6.45) is 1.05. The molecule has 0 fully saturated rings. The highest BCUT2D eigenvalue weighted by atomic mass is 32.2. The molecule has 0 spiro atoms. The van der Waals surface area contributed by atoms with Gasteiger partial charge in [0.25, 0.3) is 5.91 Å². The van der Waals surface area contributed by atoms with Gasteiger partial charge in [0.05, 0.1) is 17.6 Å². The second-order valence-corrected chi connectivity index (χ2v) is 7.52. The van der Waals surface area contributed by atoms with Crippen LogP contribution >= 0.6 is 0 Å². The highest BCUT2D eigenvalue weighted by molar-refractivity contribution is 7.90. The standard InChI is InChI=1S/C18H19NO6S/c1-24-15-7-3-5-13(9-15)11-19-17(20)12-25-18(21)14-6-4-8-16(10-14)26(2,22)23/h3-10H,11-12H2,1-2H3,(H,19,20). The normalized spacial score (nSPS) is 10.8. The monoisotopic (exact) mass is 377 g/mol. The predicted octanol–water partition coefficient (Wildman–Crippen LogP) is 1.57. The fourth-order valence-electron chi connectivity index (χ4n) is 2.10. The number of methoxy groups -OCH3 is 1. The van der Waals surface area contributed by atoms with Gasteiger partial charge >= 0.3 is 5.97 Å². The molecular formula is C18H19NO6S. The highest BCUT2D eigenvalue weighted by Gasteiger charge is 2.14. The first-order valence-corrected chi connectivity index (χ1v) is 9.55. The van der Waals surface area contributed by atoms with Gasteiger partial charge in [0.1, 0.15) is 5.75 Å². The van der Waals surface area contributed by atoms with Crippen molar-refractivity contribution in [3.8, 4) is 5.75 Å². The number of ether oxygens (including phenoxy) is 2. The molecular weight excluding hydrogens is 358 g/mol. The largest absolute Gasteiger partial charge is 0.497 e. The molecule has 0 atom stereocenters. The molecule has 0 unspecified atom stereocenters. The molecule has 0 aliphatic heterocycles. The molecule has 0 aromatic heterocycles. The number of benzene rings is 2.